The smallest absolute Gasteiger partial charge is 0.420 e. The topological polar surface area (TPSA) is 174 Å². The molecule has 2 aromatic heterocycles. The summed E-state index contributed by atoms with van der Waals surface area (Å²) in [6.45, 7) is -0.0423. The number of methoxy groups -OCH3 is 4. The van der Waals surface area contributed by atoms with Gasteiger partial charge in [0, 0.05) is 74.0 Å². The first-order valence-corrected chi connectivity index (χ1v) is 17.2. The summed E-state index contributed by atoms with van der Waals surface area (Å²) < 4.78 is 45.7. The average molecular weight is 765 g/mol. The molecule has 4 aromatic rings. The van der Waals surface area contributed by atoms with Crippen molar-refractivity contribution in [2.75, 3.05) is 41.5 Å². The number of carbonyl (C=O) groups is 4. The van der Waals surface area contributed by atoms with E-state index in [1.807, 2.05) is 18.2 Å². The minimum Gasteiger partial charge on any atom is -0.497 e. The summed E-state index contributed by atoms with van der Waals surface area (Å²) in [5, 5.41) is 0. The zero-order valence-electron chi connectivity index (χ0n) is 30.8. The van der Waals surface area contributed by atoms with Gasteiger partial charge in [-0.05, 0) is 71.8 Å². The highest BCUT2D eigenvalue weighted by atomic mass is 16.8. The number of benzene rings is 2. The molecule has 7 rings (SSSR count). The Kier molecular flexibility index (Phi) is 10.4. The number of pyridine rings is 2. The van der Waals surface area contributed by atoms with Crippen molar-refractivity contribution in [3.8, 4) is 45.5 Å². The van der Waals surface area contributed by atoms with Crippen LogP contribution in [0.2, 0.25) is 0 Å². The number of carbonyl (C=O) groups excluding carboxylic acids is 4. The minimum atomic E-state index is -2.66. The molecular formula is C40H36N4O12. The second kappa shape index (κ2) is 15.5. The van der Waals surface area contributed by atoms with Crippen molar-refractivity contribution in [3.63, 3.8) is 0 Å². The summed E-state index contributed by atoms with van der Waals surface area (Å²) in [7, 11) is 6.08. The third-order valence-electron chi connectivity index (χ3n) is 9.28. The van der Waals surface area contributed by atoms with Gasteiger partial charge in [0.05, 0.1) is 39.8 Å². The molecule has 2 spiro atoms. The van der Waals surface area contributed by atoms with Crippen LogP contribution in [-0.4, -0.2) is 97.0 Å². The number of fused-ring (bicyclic) bond motifs is 1. The predicted octanol–water partition coefficient (Wildman–Crippen LogP) is 3.78. The summed E-state index contributed by atoms with van der Waals surface area (Å²) in [5.74, 6) is -7.52. The SMILES string of the molecule is COc1ccc(-c2cc(CN3CCN(Cc4ccnc(-c5cc(OC)c(OC)c(OC)c5)c4)C4(OC(=O)C=CC(=O)O4)C34OC(=O)C=CC(=O)O4)ccn2)cc1. The average Bonchev–Trinajstić information content (AvgIpc) is 3.47. The maximum atomic E-state index is 13.4. The van der Waals surface area contributed by atoms with E-state index in [9.17, 15) is 19.2 Å². The van der Waals surface area contributed by atoms with Gasteiger partial charge in [-0.25, -0.2) is 29.0 Å². The van der Waals surface area contributed by atoms with E-state index in [2.05, 4.69) is 9.97 Å². The Labute approximate surface area is 320 Å². The number of hydrogen-bond donors (Lipinski definition) is 0. The largest absolute Gasteiger partial charge is 0.497 e. The van der Waals surface area contributed by atoms with Gasteiger partial charge in [-0.1, -0.05) is 0 Å². The van der Waals surface area contributed by atoms with Gasteiger partial charge < -0.3 is 37.9 Å². The fourth-order valence-corrected chi connectivity index (χ4v) is 6.71. The van der Waals surface area contributed by atoms with Crippen LogP contribution in [0.4, 0.5) is 0 Å². The fraction of sp³-hybridized carbons (Fsp3) is 0.250. The highest BCUT2D eigenvalue weighted by molar-refractivity contribution is 5.95. The lowest BCUT2D eigenvalue weighted by atomic mass is 10.0. The van der Waals surface area contributed by atoms with Crippen LogP contribution in [0.25, 0.3) is 22.5 Å². The van der Waals surface area contributed by atoms with Gasteiger partial charge in [0.1, 0.15) is 5.75 Å². The first kappa shape index (κ1) is 37.5. The van der Waals surface area contributed by atoms with Gasteiger partial charge in [0.2, 0.25) is 5.75 Å². The Morgan fingerprint density at radius 1 is 0.554 bits per heavy atom. The molecule has 56 heavy (non-hydrogen) atoms. The number of rotatable bonds is 10. The highest BCUT2D eigenvalue weighted by Crippen LogP contribution is 2.46. The van der Waals surface area contributed by atoms with Crippen LogP contribution in [0.3, 0.4) is 0 Å². The van der Waals surface area contributed by atoms with E-state index in [1.54, 1.807) is 62.0 Å². The summed E-state index contributed by atoms with van der Waals surface area (Å²) in [5.41, 5.74) is 3.77. The maximum Gasteiger partial charge on any atom is 0.420 e. The number of ether oxygens (including phenoxy) is 8. The van der Waals surface area contributed by atoms with Gasteiger partial charge in [-0.2, -0.15) is 0 Å². The second-order valence-electron chi connectivity index (χ2n) is 12.6. The second-order valence-corrected chi connectivity index (χ2v) is 12.6. The van der Waals surface area contributed by atoms with Crippen molar-refractivity contribution in [2.24, 2.45) is 0 Å². The van der Waals surface area contributed by atoms with Crippen LogP contribution in [0.5, 0.6) is 23.0 Å². The van der Waals surface area contributed by atoms with Crippen LogP contribution in [0.15, 0.2) is 97.4 Å². The van der Waals surface area contributed by atoms with Gasteiger partial charge in [-0.15, -0.1) is 0 Å². The monoisotopic (exact) mass is 764 g/mol. The molecule has 0 unspecified atom stereocenters. The quantitative estimate of drug-likeness (QED) is 0.213. The van der Waals surface area contributed by atoms with Gasteiger partial charge in [0.15, 0.2) is 11.5 Å². The third-order valence-corrected chi connectivity index (χ3v) is 9.28. The number of nitrogens with zero attached hydrogens (tertiary/aromatic N) is 4. The Balaban J connectivity index is 1.31. The lowest BCUT2D eigenvalue weighted by Crippen LogP contribution is -2.80. The Morgan fingerprint density at radius 3 is 1.38 bits per heavy atom. The van der Waals surface area contributed by atoms with E-state index in [4.69, 9.17) is 37.9 Å². The van der Waals surface area contributed by atoms with Crippen LogP contribution >= 0.6 is 0 Å². The molecule has 5 heterocycles. The first-order valence-electron chi connectivity index (χ1n) is 17.2. The van der Waals surface area contributed by atoms with Crippen molar-refractivity contribution in [3.05, 3.63) is 108 Å². The molecule has 0 atom stereocenters. The summed E-state index contributed by atoms with van der Waals surface area (Å²) in [6.07, 6.45) is 6.67. The molecule has 0 saturated carbocycles. The van der Waals surface area contributed by atoms with Crippen LogP contribution in [0.1, 0.15) is 11.1 Å². The van der Waals surface area contributed by atoms with Crippen LogP contribution in [-0.2, 0) is 51.2 Å². The van der Waals surface area contributed by atoms with Crippen molar-refractivity contribution >= 4 is 23.9 Å². The number of esters is 4. The Morgan fingerprint density at radius 2 is 0.982 bits per heavy atom. The Bertz CT molecular complexity index is 2170. The molecule has 3 aliphatic heterocycles. The molecule has 0 aliphatic carbocycles. The summed E-state index contributed by atoms with van der Waals surface area (Å²) >= 11 is 0. The van der Waals surface area contributed by atoms with E-state index >= 15 is 0 Å². The predicted molar refractivity (Wildman–Crippen MR) is 194 cm³/mol. The van der Waals surface area contributed by atoms with Crippen molar-refractivity contribution in [1.82, 2.24) is 19.8 Å². The molecule has 16 nitrogen and oxygen atoms in total. The highest BCUT2D eigenvalue weighted by Gasteiger charge is 2.74. The fourth-order valence-electron chi connectivity index (χ4n) is 6.71. The summed E-state index contributed by atoms with van der Waals surface area (Å²) in [4.78, 5) is 65.4. The van der Waals surface area contributed by atoms with Gasteiger partial charge in [0.25, 0.3) is 0 Å². The molecule has 288 valence electrons. The standard InChI is InChI=1S/C40H36N4O12/c1-49-29-7-5-27(6-8-29)30-19-25(13-15-41-30)23-43-17-18-44(24-26-14-16-42-31(20-26)28-21-32(50-2)38(52-4)33(22-28)51-3)40(55-36(47)11-12-37(48)56-40)39(43)53-34(45)9-10-35(46)54-39/h5-16,19-22H,17-18,23-24H2,1-4H3. The van der Waals surface area contributed by atoms with E-state index < -0.39 is 35.7 Å². The lowest BCUT2D eigenvalue weighted by Gasteiger charge is -2.55. The van der Waals surface area contributed by atoms with Crippen LogP contribution < -0.4 is 18.9 Å². The molecule has 0 amide bonds. The molecular weight excluding hydrogens is 728 g/mol. The van der Waals surface area contributed by atoms with Gasteiger partial charge in [-0.3, -0.25) is 9.97 Å². The van der Waals surface area contributed by atoms with Gasteiger partial charge >= 0.3 is 35.7 Å². The molecule has 0 bridgehead atoms. The maximum absolute atomic E-state index is 13.4. The first-order chi connectivity index (χ1) is 27.1. The van der Waals surface area contributed by atoms with E-state index in [1.165, 1.54) is 31.1 Å². The third kappa shape index (κ3) is 7.10. The molecule has 16 heteroatoms. The Hall–Kier alpha value is -6.78. The molecule has 0 radical (unpaired) electrons. The zero-order valence-corrected chi connectivity index (χ0v) is 30.8. The van der Waals surface area contributed by atoms with Crippen LogP contribution in [0, 0.1) is 0 Å². The van der Waals surface area contributed by atoms with Crippen molar-refractivity contribution in [1.29, 1.82) is 0 Å². The van der Waals surface area contributed by atoms with E-state index in [-0.39, 0.29) is 26.2 Å². The van der Waals surface area contributed by atoms with Crippen molar-refractivity contribution in [2.45, 2.75) is 24.9 Å². The number of hydrogen-bond acceptors (Lipinski definition) is 16. The lowest BCUT2D eigenvalue weighted by molar-refractivity contribution is -0.465. The molecule has 1 fully saturated rings. The van der Waals surface area contributed by atoms with E-state index in [0.717, 1.165) is 29.9 Å². The molecule has 0 N–H and O–H groups in total. The minimum absolute atomic E-state index is 0.0447. The molecule has 2 aromatic carbocycles. The normalized spacial score (nSPS) is 17.6. The molecule has 1 saturated heterocycles. The zero-order chi connectivity index (χ0) is 39.5. The van der Waals surface area contributed by atoms with E-state index in [0.29, 0.717) is 51.1 Å². The van der Waals surface area contributed by atoms with Crippen molar-refractivity contribution < 1.29 is 57.1 Å². The number of piperazine rings is 1. The molecule has 3 aliphatic rings. The summed E-state index contributed by atoms with van der Waals surface area (Å²) in [6, 6.07) is 17.8. The number of aromatic nitrogens is 2.